The molecule has 0 aliphatic carbocycles. The van der Waals surface area contributed by atoms with Crippen LogP contribution in [0.5, 0.6) is 0 Å². The smallest absolute Gasteiger partial charge is 0.481 e. The third kappa shape index (κ3) is 11.6. The first-order valence-electron chi connectivity index (χ1n) is 7.27. The maximum absolute atomic E-state index is 11.1. The molecule has 5 heteroatoms. The number of hydrogen-bond acceptors (Lipinski definition) is 4. The molecule has 0 aliphatic heterocycles. The van der Waals surface area contributed by atoms with Crippen LogP contribution >= 0.6 is 0 Å². The van der Waals surface area contributed by atoms with Crippen LogP contribution in [-0.4, -0.2) is 29.9 Å². The van der Waals surface area contributed by atoms with Crippen LogP contribution in [0.2, 0.25) is 0 Å². The lowest BCUT2D eigenvalue weighted by atomic mass is 10.1. The molecular formula is C15H26O5. The molecule has 1 N–H and O–H groups in total. The molecule has 0 saturated heterocycles. The molecule has 1 unspecified atom stereocenters. The van der Waals surface area contributed by atoms with Gasteiger partial charge >= 0.3 is 12.1 Å². The summed E-state index contributed by atoms with van der Waals surface area (Å²) in [4.78, 5) is 21.5. The SMILES string of the molecule is C=CC(CCCCCCCCC(=O)O)OC(=O)OCC. The molecule has 0 spiro atoms. The van der Waals surface area contributed by atoms with E-state index in [-0.39, 0.29) is 12.5 Å². The molecule has 1 atom stereocenters. The summed E-state index contributed by atoms with van der Waals surface area (Å²) in [5.41, 5.74) is 0. The van der Waals surface area contributed by atoms with Crippen molar-refractivity contribution in [3.63, 3.8) is 0 Å². The van der Waals surface area contributed by atoms with Crippen LogP contribution in [0, 0.1) is 0 Å². The van der Waals surface area contributed by atoms with Gasteiger partial charge in [0.25, 0.3) is 0 Å². The van der Waals surface area contributed by atoms with Crippen LogP contribution in [0.25, 0.3) is 0 Å². The Morgan fingerprint density at radius 2 is 1.75 bits per heavy atom. The van der Waals surface area contributed by atoms with Crippen molar-refractivity contribution in [2.45, 2.75) is 64.4 Å². The van der Waals surface area contributed by atoms with Gasteiger partial charge in [0.05, 0.1) is 6.61 Å². The van der Waals surface area contributed by atoms with Gasteiger partial charge in [-0.25, -0.2) is 4.79 Å². The molecule has 0 amide bonds. The van der Waals surface area contributed by atoms with E-state index in [4.69, 9.17) is 14.6 Å². The van der Waals surface area contributed by atoms with E-state index < -0.39 is 12.1 Å². The Morgan fingerprint density at radius 1 is 1.15 bits per heavy atom. The van der Waals surface area contributed by atoms with Crippen molar-refractivity contribution in [3.05, 3.63) is 12.7 Å². The summed E-state index contributed by atoms with van der Waals surface area (Å²) in [6.45, 7) is 5.68. The molecule has 0 aliphatic rings. The van der Waals surface area contributed by atoms with Crippen LogP contribution in [0.15, 0.2) is 12.7 Å². The molecular weight excluding hydrogens is 260 g/mol. The number of carbonyl (C=O) groups is 2. The summed E-state index contributed by atoms with van der Waals surface area (Å²) in [6.07, 6.45) is 7.50. The summed E-state index contributed by atoms with van der Waals surface area (Å²) in [5, 5.41) is 8.49. The van der Waals surface area contributed by atoms with Gasteiger partial charge in [-0.15, -0.1) is 0 Å². The van der Waals surface area contributed by atoms with Crippen LogP contribution < -0.4 is 0 Å². The summed E-state index contributed by atoms with van der Waals surface area (Å²) in [5.74, 6) is -0.727. The third-order valence-corrected chi connectivity index (χ3v) is 2.90. The van der Waals surface area contributed by atoms with Gasteiger partial charge in [0, 0.05) is 6.42 Å². The Hall–Kier alpha value is -1.52. The minimum Gasteiger partial charge on any atom is -0.481 e. The highest BCUT2D eigenvalue weighted by molar-refractivity contribution is 5.66. The molecule has 0 aromatic rings. The second-order valence-corrected chi connectivity index (χ2v) is 4.63. The first kappa shape index (κ1) is 18.5. The van der Waals surface area contributed by atoms with Gasteiger partial charge in [0.15, 0.2) is 0 Å². The quantitative estimate of drug-likeness (QED) is 0.334. The number of carbonyl (C=O) groups excluding carboxylic acids is 1. The minimum absolute atomic E-state index is 0.256. The van der Waals surface area contributed by atoms with E-state index in [9.17, 15) is 9.59 Å². The van der Waals surface area contributed by atoms with Gasteiger partial charge in [0.1, 0.15) is 6.10 Å². The average Bonchev–Trinajstić information content (AvgIpc) is 2.40. The summed E-state index contributed by atoms with van der Waals surface area (Å²) < 4.78 is 9.78. The Bertz CT molecular complexity index is 288. The largest absolute Gasteiger partial charge is 0.508 e. The van der Waals surface area contributed by atoms with Crippen molar-refractivity contribution in [1.29, 1.82) is 0 Å². The fourth-order valence-corrected chi connectivity index (χ4v) is 1.83. The van der Waals surface area contributed by atoms with Gasteiger partial charge in [-0.2, -0.15) is 0 Å². The topological polar surface area (TPSA) is 72.8 Å². The van der Waals surface area contributed by atoms with Crippen molar-refractivity contribution < 1.29 is 24.2 Å². The lowest BCUT2D eigenvalue weighted by molar-refractivity contribution is -0.137. The molecule has 0 aromatic carbocycles. The van der Waals surface area contributed by atoms with Crippen molar-refractivity contribution in [2.75, 3.05) is 6.61 Å². The highest BCUT2D eigenvalue weighted by Crippen LogP contribution is 2.12. The Balaban J connectivity index is 3.49. The molecule has 116 valence electrons. The first-order valence-corrected chi connectivity index (χ1v) is 7.27. The maximum Gasteiger partial charge on any atom is 0.508 e. The lowest BCUT2D eigenvalue weighted by Gasteiger charge is -2.13. The van der Waals surface area contributed by atoms with Crippen LogP contribution in [-0.2, 0) is 14.3 Å². The summed E-state index contributed by atoms with van der Waals surface area (Å²) >= 11 is 0. The van der Waals surface area contributed by atoms with E-state index in [0.29, 0.717) is 6.61 Å². The van der Waals surface area contributed by atoms with E-state index in [2.05, 4.69) is 6.58 Å². The second kappa shape index (κ2) is 12.5. The van der Waals surface area contributed by atoms with Crippen molar-refractivity contribution >= 4 is 12.1 Å². The standard InChI is InChI=1S/C15H26O5/c1-3-13(20-15(18)19-4-2)11-9-7-5-6-8-10-12-14(16)17/h3,13H,1,4-12H2,2H3,(H,16,17). The minimum atomic E-state index is -0.727. The monoisotopic (exact) mass is 286 g/mol. The number of rotatable bonds is 12. The Labute approximate surface area is 121 Å². The van der Waals surface area contributed by atoms with Crippen LogP contribution in [0.3, 0.4) is 0 Å². The zero-order valence-corrected chi connectivity index (χ0v) is 12.3. The van der Waals surface area contributed by atoms with Crippen LogP contribution in [0.4, 0.5) is 4.79 Å². The molecule has 0 fully saturated rings. The number of ether oxygens (including phenoxy) is 2. The zero-order chi connectivity index (χ0) is 15.2. The van der Waals surface area contributed by atoms with Gasteiger partial charge in [-0.3, -0.25) is 4.79 Å². The predicted molar refractivity (Wildman–Crippen MR) is 76.7 cm³/mol. The highest BCUT2D eigenvalue weighted by atomic mass is 16.7. The van der Waals surface area contributed by atoms with E-state index in [1.54, 1.807) is 13.0 Å². The van der Waals surface area contributed by atoms with Crippen LogP contribution in [0.1, 0.15) is 58.3 Å². The maximum atomic E-state index is 11.1. The molecule has 0 heterocycles. The molecule has 0 saturated carbocycles. The number of unbranched alkanes of at least 4 members (excludes halogenated alkanes) is 5. The molecule has 0 bridgehead atoms. The number of carboxylic acid groups (broad SMARTS) is 1. The van der Waals surface area contributed by atoms with E-state index >= 15 is 0 Å². The van der Waals surface area contributed by atoms with Gasteiger partial charge in [0.2, 0.25) is 0 Å². The second-order valence-electron chi connectivity index (χ2n) is 4.63. The summed E-state index contributed by atoms with van der Waals surface area (Å²) in [7, 11) is 0. The predicted octanol–water partition coefficient (Wildman–Crippen LogP) is 3.92. The number of aliphatic carboxylic acids is 1. The van der Waals surface area contributed by atoms with Crippen molar-refractivity contribution in [2.24, 2.45) is 0 Å². The highest BCUT2D eigenvalue weighted by Gasteiger charge is 2.11. The van der Waals surface area contributed by atoms with Gasteiger partial charge in [-0.05, 0) is 26.2 Å². The molecule has 0 aromatic heterocycles. The zero-order valence-electron chi connectivity index (χ0n) is 12.3. The Morgan fingerprint density at radius 3 is 2.30 bits per heavy atom. The van der Waals surface area contributed by atoms with E-state index in [0.717, 1.165) is 44.9 Å². The van der Waals surface area contributed by atoms with Gasteiger partial charge in [-0.1, -0.05) is 38.3 Å². The van der Waals surface area contributed by atoms with E-state index in [1.165, 1.54) is 0 Å². The number of carboxylic acids is 1. The third-order valence-electron chi connectivity index (χ3n) is 2.90. The van der Waals surface area contributed by atoms with E-state index in [1.807, 2.05) is 0 Å². The normalized spacial score (nSPS) is 11.7. The molecule has 0 rings (SSSR count). The van der Waals surface area contributed by atoms with Gasteiger partial charge < -0.3 is 14.6 Å². The van der Waals surface area contributed by atoms with Crippen molar-refractivity contribution in [1.82, 2.24) is 0 Å². The van der Waals surface area contributed by atoms with Crippen molar-refractivity contribution in [3.8, 4) is 0 Å². The number of hydrogen-bond donors (Lipinski definition) is 1. The lowest BCUT2D eigenvalue weighted by Crippen LogP contribution is -2.16. The molecule has 0 radical (unpaired) electrons. The molecule has 5 nitrogen and oxygen atoms in total. The fraction of sp³-hybridized carbons (Fsp3) is 0.733. The Kier molecular flexibility index (Phi) is 11.6. The first-order chi connectivity index (χ1) is 9.60. The molecule has 20 heavy (non-hydrogen) atoms. The average molecular weight is 286 g/mol. The summed E-state index contributed by atoms with van der Waals surface area (Å²) in [6, 6.07) is 0. The fourth-order valence-electron chi connectivity index (χ4n) is 1.83.